The molecule has 0 heterocycles. The highest BCUT2D eigenvalue weighted by molar-refractivity contribution is 7.46. The molecule has 0 aliphatic heterocycles. The van der Waals surface area contributed by atoms with Crippen molar-refractivity contribution >= 4 is 69.0 Å². The summed E-state index contributed by atoms with van der Waals surface area (Å²) in [5.74, 6) is -1.24. The van der Waals surface area contributed by atoms with Crippen LogP contribution in [0.3, 0.4) is 0 Å². The molecule has 5 N–H and O–H groups in total. The molecular weight excluding hydrogens is 1950 g/mol. The van der Waals surface area contributed by atoms with Gasteiger partial charge in [-0.15, -0.1) is 0 Å². The van der Waals surface area contributed by atoms with Crippen molar-refractivity contribution in [3.8, 4) is 0 Å². The van der Waals surface area contributed by atoms with Crippen LogP contribution < -0.4 is 24.5 Å². The number of carbonyl (C=O) groups excluding carboxylic acids is 5. The Hall–Kier alpha value is -2.50. The molecule has 1 aliphatic rings. The number of hydrogen-bond donors (Lipinski definition) is 5. The molecule has 0 aromatic carbocycles. The quantitative estimate of drug-likeness (QED) is 0.0124. The molecular formula is C97H202N5O35P5. The van der Waals surface area contributed by atoms with Crippen molar-refractivity contribution in [1.29, 1.82) is 0 Å². The topological polar surface area (TPSA) is 526 Å². The molecule has 1 aliphatic carbocycles. The van der Waals surface area contributed by atoms with E-state index in [9.17, 15) is 96.8 Å². The summed E-state index contributed by atoms with van der Waals surface area (Å²) in [6, 6.07) is 0. The lowest BCUT2D eigenvalue weighted by atomic mass is 9.84. The van der Waals surface area contributed by atoms with Crippen molar-refractivity contribution in [3.05, 3.63) is 0 Å². The number of aliphatic hydroxyl groups excluding tert-OH is 5. The molecule has 850 valence electrons. The summed E-state index contributed by atoms with van der Waals surface area (Å²) in [6.07, 6.45) is 39.5. The molecule has 0 radical (unpaired) electrons. The zero-order chi connectivity index (χ0) is 109. The van der Waals surface area contributed by atoms with Gasteiger partial charge in [-0.2, -0.15) is 0 Å². The van der Waals surface area contributed by atoms with Gasteiger partial charge >= 0.3 is 29.8 Å². The summed E-state index contributed by atoms with van der Waals surface area (Å²) in [5, 5.41) is 48.5. The predicted octanol–water partition coefficient (Wildman–Crippen LogP) is 13.2. The molecule has 0 aromatic rings. The Labute approximate surface area is 856 Å². The van der Waals surface area contributed by atoms with Gasteiger partial charge in [-0.3, -0.25) is 46.8 Å². The number of quaternary nitrogens is 5. The first-order chi connectivity index (χ1) is 65.8. The number of unbranched alkanes of at least 4 members (excludes halogenated alkanes) is 28. The van der Waals surface area contributed by atoms with Crippen molar-refractivity contribution in [3.63, 3.8) is 0 Å². The van der Waals surface area contributed by atoms with Gasteiger partial charge in [0.05, 0.1) is 139 Å². The number of rotatable bonds is 85. The van der Waals surface area contributed by atoms with Crippen LogP contribution in [-0.4, -0.2) is 346 Å². The van der Waals surface area contributed by atoms with Crippen LogP contribution >= 0.6 is 39.1 Å². The maximum absolute atomic E-state index is 11.8. The first-order valence-electron chi connectivity index (χ1n) is 52.0. The van der Waals surface area contributed by atoms with E-state index in [1.165, 1.54) is 154 Å². The van der Waals surface area contributed by atoms with Gasteiger partial charge in [0.15, 0.2) is 0 Å². The fraction of sp³-hybridized carbons (Fsp3) is 0.948. The van der Waals surface area contributed by atoms with Crippen molar-refractivity contribution in [2.45, 2.75) is 349 Å². The maximum atomic E-state index is 11.8. The van der Waals surface area contributed by atoms with E-state index in [-0.39, 0.29) is 108 Å². The fourth-order valence-electron chi connectivity index (χ4n) is 13.2. The van der Waals surface area contributed by atoms with Gasteiger partial charge in [0.25, 0.3) is 39.1 Å². The fourth-order valence-corrected chi connectivity index (χ4v) is 16.9. The number of carbonyl (C=O) groups is 5. The molecule has 11 unspecified atom stereocenters. The molecule has 0 bridgehead atoms. The molecule has 0 spiro atoms. The van der Waals surface area contributed by atoms with Gasteiger partial charge in [-0.25, -0.2) is 0 Å². The highest BCUT2D eigenvalue weighted by Crippen LogP contribution is 2.42. The second-order valence-electron chi connectivity index (χ2n) is 43.5. The van der Waals surface area contributed by atoms with E-state index in [0.717, 1.165) is 83.5 Å². The van der Waals surface area contributed by atoms with Crippen LogP contribution in [0.15, 0.2) is 0 Å². The Morgan fingerprint density at radius 2 is 0.472 bits per heavy atom. The monoisotopic (exact) mass is 2150 g/mol. The highest BCUT2D eigenvalue weighted by Gasteiger charge is 2.26. The van der Waals surface area contributed by atoms with Crippen LogP contribution in [0.2, 0.25) is 0 Å². The first-order valence-corrected chi connectivity index (χ1v) is 59.3. The van der Waals surface area contributed by atoms with Crippen LogP contribution in [-0.2, 0) is 116 Å². The van der Waals surface area contributed by atoms with Crippen LogP contribution in [0.25, 0.3) is 0 Å². The van der Waals surface area contributed by atoms with Gasteiger partial charge in [0.2, 0.25) is 0 Å². The molecule has 1 saturated carbocycles. The average Bonchev–Trinajstić information content (AvgIpc) is 1.09. The van der Waals surface area contributed by atoms with E-state index in [0.29, 0.717) is 80.3 Å². The molecule has 0 aromatic heterocycles. The van der Waals surface area contributed by atoms with E-state index < -0.39 is 115 Å². The standard InChI is InChI=1S/C26H54NO7P.C24H50NO7P.C17H36NO7P.C16H32NO7P.C14H30NO7P/c1-5-6-7-8-9-10-11-12-13-14-15-16-17-18-19-20-26(29)32-23-25(28)24-34-35(30,31)33-22-21-27(2,3)4;1-5-6-7-8-9-10-11-12-13-14-15-16-17-18-24(27)30-21-23(26)22-32-33(28,29)31-20-19-25(2,3)4;1-14(11-17(2,3)4)10-16(20)23-12-15(19)13-25-26(21,22)24-9-8-18(5,6)7;1-17(2,3)10-11-23-25(20,21)24-13-15(18)12-22-16(19)9-8-14-6-4-5-7-14;1-5-6-7-8-14(17)20-11-13(16)12-22-23(18,19)21-10-9-15(2,3)4/h25,28H,5-24H2,1-4H3;23,26H,5-22H2,1-4H3;14-15,19H,8-13H2,1-7H3;14-15,18H,4-13H2,1-3H3;13,16H,5-12H2,1-4H3. The number of hydrogen-bond acceptors (Lipinski definition) is 35. The number of likely N-dealkylation sites (N-methyl/N-ethyl adjacent to an activating group) is 5. The number of esters is 5. The third-order valence-electron chi connectivity index (χ3n) is 21.5. The molecule has 11 atom stereocenters. The highest BCUT2D eigenvalue weighted by atomic mass is 31.2. The third-order valence-corrected chi connectivity index (χ3v) is 26.3. The second kappa shape index (κ2) is 84.1. The van der Waals surface area contributed by atoms with Crippen LogP contribution in [0.1, 0.15) is 318 Å². The van der Waals surface area contributed by atoms with E-state index in [1.807, 2.05) is 120 Å². The lowest BCUT2D eigenvalue weighted by molar-refractivity contribution is -0.870. The van der Waals surface area contributed by atoms with Crippen molar-refractivity contribution in [2.75, 3.05) is 238 Å². The molecule has 45 heteroatoms. The summed E-state index contributed by atoms with van der Waals surface area (Å²) >= 11 is 0. The number of aliphatic hydroxyl groups is 5. The Kier molecular flexibility index (Phi) is 86.3. The Balaban J connectivity index is -0.000000846. The lowest BCUT2D eigenvalue weighted by Crippen LogP contribution is -2.37. The minimum atomic E-state index is -4.49. The molecule has 0 saturated heterocycles. The third kappa shape index (κ3) is 113. The van der Waals surface area contributed by atoms with E-state index in [4.69, 9.17) is 46.3 Å². The minimum Gasteiger partial charge on any atom is -0.756 e. The van der Waals surface area contributed by atoms with Gasteiger partial charge in [0.1, 0.15) is 129 Å². The summed E-state index contributed by atoms with van der Waals surface area (Å²) in [5.41, 5.74) is 0.119. The van der Waals surface area contributed by atoms with E-state index in [2.05, 4.69) is 57.2 Å². The lowest BCUT2D eigenvalue weighted by Gasteiger charge is -2.27. The van der Waals surface area contributed by atoms with Gasteiger partial charge in [0, 0.05) is 32.1 Å². The molecule has 142 heavy (non-hydrogen) atoms. The SMILES string of the molecule is CC(CC(=O)OCC(O)COP(=O)([O-])OCC[N+](C)(C)C)CC(C)(C)C.CCCCCC(=O)OCC(O)COP(=O)([O-])OCC[N+](C)(C)C.CCCCCCCCCCCCCCCC(=O)OCC(O)COP(=O)([O-])OCC[N+](C)(C)C.CCCCCCCCCCCCCCCCCC(=O)OCC(O)COP(=O)([O-])OCC[N+](C)(C)C.C[N+](C)(C)CCOP(=O)([O-])OCC(O)COC(=O)CCC1CCCC1. The Morgan fingerprint density at radius 3 is 0.676 bits per heavy atom. The van der Waals surface area contributed by atoms with E-state index >= 15 is 0 Å². The predicted molar refractivity (Wildman–Crippen MR) is 540 cm³/mol. The normalized spacial score (nSPS) is 16.2. The summed E-state index contributed by atoms with van der Waals surface area (Å²) in [6.45, 7) is 13.2. The average molecular weight is 2150 g/mol. The Bertz CT molecular complexity index is 3370. The number of phosphoric acid groups is 5. The van der Waals surface area contributed by atoms with E-state index in [1.54, 1.807) is 0 Å². The van der Waals surface area contributed by atoms with Gasteiger partial charge in [-0.05, 0) is 49.4 Å². The number of phosphoric ester groups is 5. The summed E-state index contributed by atoms with van der Waals surface area (Å²) in [7, 11) is 6.23. The van der Waals surface area contributed by atoms with Crippen molar-refractivity contribution in [1.82, 2.24) is 0 Å². The summed E-state index contributed by atoms with van der Waals surface area (Å²) < 4.78 is 132. The maximum Gasteiger partial charge on any atom is 0.306 e. The molecule has 1 rings (SSSR count). The van der Waals surface area contributed by atoms with Crippen molar-refractivity contribution in [2.24, 2.45) is 17.3 Å². The largest absolute Gasteiger partial charge is 0.756 e. The zero-order valence-electron chi connectivity index (χ0n) is 91.8. The van der Waals surface area contributed by atoms with Gasteiger partial charge < -0.3 is 141 Å². The summed E-state index contributed by atoms with van der Waals surface area (Å²) in [4.78, 5) is 116. The van der Waals surface area contributed by atoms with Crippen molar-refractivity contribution < 1.29 is 188 Å². The van der Waals surface area contributed by atoms with Crippen LogP contribution in [0, 0.1) is 17.3 Å². The van der Waals surface area contributed by atoms with Crippen LogP contribution in [0.5, 0.6) is 0 Å². The second-order valence-corrected chi connectivity index (χ2v) is 50.6. The molecule has 1 fully saturated rings. The molecule has 0 amide bonds. The number of nitrogens with zero attached hydrogens (tertiary/aromatic N) is 5. The van der Waals surface area contributed by atoms with Gasteiger partial charge in [-0.1, -0.05) is 254 Å². The van der Waals surface area contributed by atoms with Crippen LogP contribution in [0.4, 0.5) is 0 Å². The minimum absolute atomic E-state index is 0.00345. The molecule has 40 nitrogen and oxygen atoms in total. The Morgan fingerprint density at radius 1 is 0.289 bits per heavy atom. The first kappa shape index (κ1) is 146. The smallest absolute Gasteiger partial charge is 0.306 e. The number of ether oxygens (including phenoxy) is 5. The zero-order valence-corrected chi connectivity index (χ0v) is 96.3.